The molecule has 0 radical (unpaired) electrons. The van der Waals surface area contributed by atoms with Crippen LogP contribution in [0.5, 0.6) is 0 Å². The van der Waals surface area contributed by atoms with Crippen LogP contribution in [0.2, 0.25) is 10.0 Å². The van der Waals surface area contributed by atoms with Gasteiger partial charge in [0.1, 0.15) is 5.82 Å². The minimum atomic E-state index is 0.381. The van der Waals surface area contributed by atoms with Gasteiger partial charge < -0.3 is 22.2 Å². The fourth-order valence-electron chi connectivity index (χ4n) is 1.92. The molecule has 0 fully saturated rings. The van der Waals surface area contributed by atoms with E-state index in [1.807, 2.05) is 6.07 Å². The summed E-state index contributed by atoms with van der Waals surface area (Å²) in [6.45, 7) is 0.381. The lowest BCUT2D eigenvalue weighted by atomic mass is 10.1. The van der Waals surface area contributed by atoms with E-state index in [-0.39, 0.29) is 0 Å². The smallest absolute Gasteiger partial charge is 0.124 e. The Kier molecular flexibility index (Phi) is 5.73. The number of hydrogen-bond donors (Lipinski definition) is 4. The van der Waals surface area contributed by atoms with E-state index >= 15 is 0 Å². The predicted octanol–water partition coefficient (Wildman–Crippen LogP) is 3.50. The van der Waals surface area contributed by atoms with Gasteiger partial charge in [-0.2, -0.15) is 0 Å². The summed E-state index contributed by atoms with van der Waals surface area (Å²) in [7, 11) is 0. The number of H-pyrrole nitrogens is 1. The van der Waals surface area contributed by atoms with Crippen molar-refractivity contribution in [2.24, 2.45) is 10.7 Å². The van der Waals surface area contributed by atoms with Gasteiger partial charge in [-0.1, -0.05) is 35.3 Å². The summed E-state index contributed by atoms with van der Waals surface area (Å²) in [6.07, 6.45) is 8.40. The maximum absolute atomic E-state index is 6.17. The molecular formula is C16H17Cl2N5. The third-order valence-electron chi connectivity index (χ3n) is 3.14. The molecule has 2 rings (SSSR count). The first kappa shape index (κ1) is 17.0. The highest BCUT2D eigenvalue weighted by molar-refractivity contribution is 6.35. The maximum Gasteiger partial charge on any atom is 0.124 e. The summed E-state index contributed by atoms with van der Waals surface area (Å²) in [6, 6.07) is 5.29. The molecule has 7 heteroatoms. The number of hydrogen-bond acceptors (Lipinski definition) is 4. The Hall–Kier alpha value is -2.37. The number of allylic oxidation sites excluding steroid dienone is 3. The van der Waals surface area contributed by atoms with Gasteiger partial charge in [-0.25, -0.2) is 0 Å². The molecule has 1 heterocycles. The molecule has 0 bridgehead atoms. The van der Waals surface area contributed by atoms with Crippen LogP contribution >= 0.6 is 23.2 Å². The SMILES string of the molecule is N/C=C/C=C\C(=NCc1ccc(Cl)cc1Cl)c1c[nH]c(N)c1N. The Morgan fingerprint density at radius 2 is 2.00 bits per heavy atom. The van der Waals surface area contributed by atoms with Crippen molar-refractivity contribution in [1.29, 1.82) is 0 Å². The molecular weight excluding hydrogens is 333 g/mol. The summed E-state index contributed by atoms with van der Waals surface area (Å²) in [5.41, 5.74) is 19.7. The molecule has 0 amide bonds. The molecule has 1 aromatic carbocycles. The highest BCUT2D eigenvalue weighted by atomic mass is 35.5. The number of rotatable bonds is 5. The van der Waals surface area contributed by atoms with Crippen LogP contribution in [0.25, 0.3) is 0 Å². The molecule has 0 spiro atoms. The summed E-state index contributed by atoms with van der Waals surface area (Å²) >= 11 is 12.1. The zero-order valence-electron chi connectivity index (χ0n) is 12.3. The Labute approximate surface area is 144 Å². The first-order valence-corrected chi connectivity index (χ1v) is 7.54. The highest BCUT2D eigenvalue weighted by Gasteiger charge is 2.10. The second-order valence-corrected chi connectivity index (χ2v) is 5.55. The number of benzene rings is 1. The summed E-state index contributed by atoms with van der Waals surface area (Å²) < 4.78 is 0. The standard InChI is InChI=1S/C16H17Cl2N5/c17-11-5-4-10(13(18)7-11)8-22-14(3-1-2-6-19)12-9-23-16(21)15(12)20/h1-7,9,23H,8,19-21H2/b3-1-,6-2+,22-14?. The second-order valence-electron chi connectivity index (χ2n) is 4.71. The highest BCUT2D eigenvalue weighted by Crippen LogP contribution is 2.23. The van der Waals surface area contributed by atoms with Gasteiger partial charge in [0, 0.05) is 21.8 Å². The van der Waals surface area contributed by atoms with Gasteiger partial charge in [-0.15, -0.1) is 0 Å². The van der Waals surface area contributed by atoms with Crippen molar-refractivity contribution in [3.05, 3.63) is 70.0 Å². The van der Waals surface area contributed by atoms with Gasteiger partial charge in [0.2, 0.25) is 0 Å². The van der Waals surface area contributed by atoms with Crippen LogP contribution in [-0.4, -0.2) is 10.7 Å². The average molecular weight is 350 g/mol. The quantitative estimate of drug-likeness (QED) is 0.490. The minimum absolute atomic E-state index is 0.381. The summed E-state index contributed by atoms with van der Waals surface area (Å²) in [5, 5.41) is 1.14. The van der Waals surface area contributed by atoms with Gasteiger partial charge in [-0.3, -0.25) is 4.99 Å². The Bertz CT molecular complexity index is 775. The van der Waals surface area contributed by atoms with Gasteiger partial charge in [0.05, 0.1) is 17.9 Å². The van der Waals surface area contributed by atoms with Crippen LogP contribution in [-0.2, 0) is 6.54 Å². The number of nitrogens with one attached hydrogen (secondary N) is 1. The van der Waals surface area contributed by atoms with E-state index in [4.69, 9.17) is 40.4 Å². The number of anilines is 2. The van der Waals surface area contributed by atoms with Crippen molar-refractivity contribution < 1.29 is 0 Å². The van der Waals surface area contributed by atoms with Crippen LogP contribution < -0.4 is 17.2 Å². The van der Waals surface area contributed by atoms with Crippen LogP contribution in [0.3, 0.4) is 0 Å². The number of aromatic nitrogens is 1. The Morgan fingerprint density at radius 1 is 1.22 bits per heavy atom. The first-order chi connectivity index (χ1) is 11.0. The molecule has 1 aromatic heterocycles. The number of nitrogen functional groups attached to an aromatic ring is 2. The number of aromatic amines is 1. The van der Waals surface area contributed by atoms with Gasteiger partial charge in [0.25, 0.3) is 0 Å². The lowest BCUT2D eigenvalue weighted by Gasteiger charge is -2.04. The largest absolute Gasteiger partial charge is 0.405 e. The lowest BCUT2D eigenvalue weighted by molar-refractivity contribution is 1.07. The van der Waals surface area contributed by atoms with E-state index in [0.717, 1.165) is 5.56 Å². The molecule has 23 heavy (non-hydrogen) atoms. The number of halogens is 2. The lowest BCUT2D eigenvalue weighted by Crippen LogP contribution is -2.02. The van der Waals surface area contributed by atoms with Crippen molar-refractivity contribution in [2.75, 3.05) is 11.5 Å². The monoisotopic (exact) mass is 349 g/mol. The molecule has 0 aliphatic rings. The minimum Gasteiger partial charge on any atom is -0.405 e. The third-order valence-corrected chi connectivity index (χ3v) is 3.73. The van der Waals surface area contributed by atoms with E-state index in [1.165, 1.54) is 6.20 Å². The molecule has 0 aliphatic carbocycles. The van der Waals surface area contributed by atoms with Crippen molar-refractivity contribution in [1.82, 2.24) is 4.98 Å². The molecule has 0 aliphatic heterocycles. The normalized spacial score (nSPS) is 12.5. The van der Waals surface area contributed by atoms with Crippen LogP contribution in [0.15, 0.2) is 53.8 Å². The third kappa shape index (κ3) is 4.31. The van der Waals surface area contributed by atoms with Crippen LogP contribution in [0.4, 0.5) is 11.5 Å². The van der Waals surface area contributed by atoms with Gasteiger partial charge in [-0.05, 0) is 36.0 Å². The van der Waals surface area contributed by atoms with E-state index < -0.39 is 0 Å². The fourth-order valence-corrected chi connectivity index (χ4v) is 2.39. The topological polar surface area (TPSA) is 106 Å². The number of nitrogens with zero attached hydrogens (tertiary/aromatic N) is 1. The molecule has 5 nitrogen and oxygen atoms in total. The molecule has 0 atom stereocenters. The maximum atomic E-state index is 6.17. The van der Waals surface area contributed by atoms with Gasteiger partial charge in [0.15, 0.2) is 0 Å². The van der Waals surface area contributed by atoms with Crippen LogP contribution in [0.1, 0.15) is 11.1 Å². The van der Waals surface area contributed by atoms with E-state index in [9.17, 15) is 0 Å². The molecule has 120 valence electrons. The molecule has 0 saturated heterocycles. The van der Waals surface area contributed by atoms with Crippen LogP contribution in [0, 0.1) is 0 Å². The van der Waals surface area contributed by atoms with Crippen molar-refractivity contribution >= 4 is 40.4 Å². The van der Waals surface area contributed by atoms with Crippen molar-refractivity contribution in [2.45, 2.75) is 6.54 Å². The van der Waals surface area contributed by atoms with Gasteiger partial charge >= 0.3 is 0 Å². The first-order valence-electron chi connectivity index (χ1n) is 6.79. The summed E-state index contributed by atoms with van der Waals surface area (Å²) in [4.78, 5) is 7.45. The fraction of sp³-hybridized carbons (Fsp3) is 0.0625. The molecule has 0 unspecified atom stereocenters. The molecule has 2 aromatic rings. The predicted molar refractivity (Wildman–Crippen MR) is 98.8 cm³/mol. The summed E-state index contributed by atoms with van der Waals surface area (Å²) in [5.74, 6) is 0.403. The van der Waals surface area contributed by atoms with E-state index in [1.54, 1.807) is 36.6 Å². The zero-order valence-corrected chi connectivity index (χ0v) is 13.8. The average Bonchev–Trinajstić information content (AvgIpc) is 2.84. The number of aliphatic imine (C=N–C) groups is 1. The van der Waals surface area contributed by atoms with E-state index in [0.29, 0.717) is 39.4 Å². The van der Waals surface area contributed by atoms with E-state index in [2.05, 4.69) is 9.98 Å². The van der Waals surface area contributed by atoms with Crippen molar-refractivity contribution in [3.63, 3.8) is 0 Å². The number of nitrogens with two attached hydrogens (primary N) is 3. The second kappa shape index (κ2) is 7.76. The van der Waals surface area contributed by atoms with Crippen molar-refractivity contribution in [3.8, 4) is 0 Å². The Morgan fingerprint density at radius 3 is 2.61 bits per heavy atom. The Balaban J connectivity index is 2.34. The molecule has 7 N–H and O–H groups in total. The zero-order chi connectivity index (χ0) is 16.8. The molecule has 0 saturated carbocycles.